The lowest BCUT2D eigenvalue weighted by atomic mass is 10.4. The van der Waals surface area contributed by atoms with E-state index in [9.17, 15) is 0 Å². The monoisotopic (exact) mass is 311 g/mol. The number of hydrogen-bond acceptors (Lipinski definition) is 1. The molecule has 100 valence electrons. The molecule has 1 N–H and O–H groups in total. The molecule has 0 bridgehead atoms. The highest BCUT2D eigenvalue weighted by molar-refractivity contribution is 7.73. The maximum atomic E-state index is 5.96. The highest BCUT2D eigenvalue weighted by atomic mass is 35.5. The summed E-state index contributed by atoms with van der Waals surface area (Å²) in [6.45, 7) is 0.997. The molecule has 0 atom stereocenters. The molecule has 4 heteroatoms. The molecule has 0 radical (unpaired) electrons. The number of halogens is 2. The molecule has 0 fully saturated rings. The van der Waals surface area contributed by atoms with Crippen molar-refractivity contribution < 1.29 is 0 Å². The van der Waals surface area contributed by atoms with E-state index in [0.717, 1.165) is 22.8 Å². The fourth-order valence-corrected chi connectivity index (χ4v) is 4.40. The van der Waals surface area contributed by atoms with Gasteiger partial charge in [-0.25, -0.2) is 0 Å². The van der Waals surface area contributed by atoms with E-state index < -0.39 is 0 Å². The Hall–Kier alpha value is -0.590. The van der Waals surface area contributed by atoms with Crippen LogP contribution in [0.2, 0.25) is 10.0 Å². The Labute approximate surface area is 125 Å². The molecular formula is C15H16Cl2NP. The standard InChI is InChI=1S/C15H16Cl2NP/c1-18-10-11-19(14-6-2-12(16)3-7-14)15-8-4-13(17)5-9-15/h2-9,18H,10-11H2,1H3. The zero-order valence-electron chi connectivity index (χ0n) is 10.7. The van der Waals surface area contributed by atoms with Gasteiger partial charge in [-0.1, -0.05) is 47.5 Å². The molecule has 0 aliphatic carbocycles. The van der Waals surface area contributed by atoms with Crippen molar-refractivity contribution in [3.8, 4) is 0 Å². The average molecular weight is 312 g/mol. The molecule has 19 heavy (non-hydrogen) atoms. The molecule has 0 amide bonds. The van der Waals surface area contributed by atoms with Gasteiger partial charge in [0.2, 0.25) is 0 Å². The Balaban J connectivity index is 2.29. The highest BCUT2D eigenvalue weighted by Gasteiger charge is 2.13. The van der Waals surface area contributed by atoms with Gasteiger partial charge < -0.3 is 5.32 Å². The minimum absolute atomic E-state index is 0.361. The Morgan fingerprint density at radius 1 is 0.842 bits per heavy atom. The van der Waals surface area contributed by atoms with Gasteiger partial charge in [-0.15, -0.1) is 0 Å². The first-order chi connectivity index (χ1) is 9.20. The molecule has 0 unspecified atom stereocenters. The molecule has 0 saturated carbocycles. The lowest BCUT2D eigenvalue weighted by molar-refractivity contribution is 0.870. The highest BCUT2D eigenvalue weighted by Crippen LogP contribution is 2.33. The van der Waals surface area contributed by atoms with Crippen LogP contribution in [-0.2, 0) is 0 Å². The van der Waals surface area contributed by atoms with Crippen LogP contribution in [0.3, 0.4) is 0 Å². The summed E-state index contributed by atoms with van der Waals surface area (Å²) in [7, 11) is 1.62. The Morgan fingerprint density at radius 2 is 1.26 bits per heavy atom. The average Bonchev–Trinajstić information content (AvgIpc) is 2.43. The summed E-state index contributed by atoms with van der Waals surface area (Å²) in [4.78, 5) is 0. The summed E-state index contributed by atoms with van der Waals surface area (Å²) in [5.74, 6) is 0. The summed E-state index contributed by atoms with van der Waals surface area (Å²) in [6.07, 6.45) is 1.11. The Kier molecular flexibility index (Phi) is 5.66. The first kappa shape index (κ1) is 14.8. The molecule has 0 spiro atoms. The predicted octanol–water partition coefficient (Wildman–Crippen LogP) is 3.65. The van der Waals surface area contributed by atoms with E-state index >= 15 is 0 Å². The maximum absolute atomic E-state index is 5.96. The third kappa shape index (κ3) is 4.19. The van der Waals surface area contributed by atoms with Gasteiger partial charge in [0.05, 0.1) is 0 Å². The van der Waals surface area contributed by atoms with Crippen LogP contribution < -0.4 is 15.9 Å². The summed E-state index contributed by atoms with van der Waals surface area (Å²) in [5, 5.41) is 7.48. The summed E-state index contributed by atoms with van der Waals surface area (Å²) in [5.41, 5.74) is 0. The first-order valence-corrected chi connectivity index (χ1v) is 8.42. The molecule has 0 aliphatic rings. The fraction of sp³-hybridized carbons (Fsp3) is 0.200. The van der Waals surface area contributed by atoms with Gasteiger partial charge in [0.25, 0.3) is 0 Å². The van der Waals surface area contributed by atoms with Crippen molar-refractivity contribution in [3.05, 3.63) is 58.6 Å². The minimum atomic E-state index is -0.361. The minimum Gasteiger partial charge on any atom is -0.319 e. The van der Waals surface area contributed by atoms with E-state index in [1.807, 2.05) is 31.3 Å². The lowest BCUT2D eigenvalue weighted by Gasteiger charge is -2.18. The van der Waals surface area contributed by atoms with Gasteiger partial charge >= 0.3 is 0 Å². The third-order valence-electron chi connectivity index (χ3n) is 2.86. The molecule has 2 aromatic rings. The molecule has 2 rings (SSSR count). The quantitative estimate of drug-likeness (QED) is 0.831. The van der Waals surface area contributed by atoms with E-state index in [4.69, 9.17) is 23.2 Å². The summed E-state index contributed by atoms with van der Waals surface area (Å²) >= 11 is 11.9. The lowest BCUT2D eigenvalue weighted by Crippen LogP contribution is -2.20. The SMILES string of the molecule is CNCCP(c1ccc(Cl)cc1)c1ccc(Cl)cc1. The fourth-order valence-electron chi connectivity index (χ4n) is 1.87. The summed E-state index contributed by atoms with van der Waals surface area (Å²) < 4.78 is 0. The molecule has 0 aliphatic heterocycles. The second kappa shape index (κ2) is 7.26. The van der Waals surface area contributed by atoms with Gasteiger partial charge in [-0.3, -0.25) is 0 Å². The zero-order chi connectivity index (χ0) is 13.7. The van der Waals surface area contributed by atoms with Gasteiger partial charge in [-0.05, 0) is 62.6 Å². The Bertz CT molecular complexity index is 465. The second-order valence-electron chi connectivity index (χ2n) is 4.21. The van der Waals surface area contributed by atoms with Crippen molar-refractivity contribution in [2.75, 3.05) is 19.8 Å². The van der Waals surface area contributed by atoms with E-state index in [1.54, 1.807) is 0 Å². The van der Waals surface area contributed by atoms with E-state index in [-0.39, 0.29) is 7.92 Å². The van der Waals surface area contributed by atoms with Crippen LogP contribution in [0.25, 0.3) is 0 Å². The van der Waals surface area contributed by atoms with E-state index in [1.165, 1.54) is 10.6 Å². The zero-order valence-corrected chi connectivity index (χ0v) is 13.1. The topological polar surface area (TPSA) is 12.0 Å². The molecule has 1 nitrogen and oxygen atoms in total. The third-order valence-corrected chi connectivity index (χ3v) is 5.88. The van der Waals surface area contributed by atoms with Crippen molar-refractivity contribution in [1.29, 1.82) is 0 Å². The van der Waals surface area contributed by atoms with Crippen molar-refractivity contribution in [2.24, 2.45) is 0 Å². The number of nitrogens with one attached hydrogen (secondary N) is 1. The summed E-state index contributed by atoms with van der Waals surface area (Å²) in [6, 6.07) is 16.3. The first-order valence-electron chi connectivity index (χ1n) is 6.14. The second-order valence-corrected chi connectivity index (χ2v) is 7.42. The predicted molar refractivity (Wildman–Crippen MR) is 87.9 cm³/mol. The van der Waals surface area contributed by atoms with Gasteiger partial charge in [0.1, 0.15) is 0 Å². The molecule has 0 aromatic heterocycles. The van der Waals surface area contributed by atoms with Crippen LogP contribution in [0.4, 0.5) is 0 Å². The van der Waals surface area contributed by atoms with Crippen LogP contribution in [0.15, 0.2) is 48.5 Å². The Morgan fingerprint density at radius 3 is 1.63 bits per heavy atom. The molecule has 0 heterocycles. The van der Waals surface area contributed by atoms with Crippen molar-refractivity contribution >= 4 is 41.7 Å². The van der Waals surface area contributed by atoms with Crippen LogP contribution in [-0.4, -0.2) is 19.8 Å². The number of hydrogen-bond donors (Lipinski definition) is 1. The molecule has 2 aromatic carbocycles. The van der Waals surface area contributed by atoms with Gasteiger partial charge in [0, 0.05) is 10.0 Å². The smallest absolute Gasteiger partial charge is 0.0406 e. The number of rotatable bonds is 5. The maximum Gasteiger partial charge on any atom is 0.0406 e. The van der Waals surface area contributed by atoms with Crippen molar-refractivity contribution in [1.82, 2.24) is 5.32 Å². The van der Waals surface area contributed by atoms with Gasteiger partial charge in [-0.2, -0.15) is 0 Å². The normalized spacial score (nSPS) is 10.9. The van der Waals surface area contributed by atoms with E-state index in [0.29, 0.717) is 0 Å². The largest absolute Gasteiger partial charge is 0.319 e. The molecular weight excluding hydrogens is 296 g/mol. The van der Waals surface area contributed by atoms with Gasteiger partial charge in [0.15, 0.2) is 0 Å². The van der Waals surface area contributed by atoms with Crippen molar-refractivity contribution in [2.45, 2.75) is 0 Å². The van der Waals surface area contributed by atoms with Crippen LogP contribution in [0.5, 0.6) is 0 Å². The van der Waals surface area contributed by atoms with Crippen molar-refractivity contribution in [3.63, 3.8) is 0 Å². The molecule has 0 saturated heterocycles. The van der Waals surface area contributed by atoms with E-state index in [2.05, 4.69) is 29.6 Å². The van der Waals surface area contributed by atoms with Crippen LogP contribution in [0.1, 0.15) is 0 Å². The number of benzene rings is 2. The van der Waals surface area contributed by atoms with Crippen LogP contribution >= 0.6 is 31.1 Å². The van der Waals surface area contributed by atoms with Crippen LogP contribution in [0, 0.1) is 0 Å².